The predicted octanol–water partition coefficient (Wildman–Crippen LogP) is 3.26. The summed E-state index contributed by atoms with van der Waals surface area (Å²) in [6, 6.07) is 2.29. The summed E-state index contributed by atoms with van der Waals surface area (Å²) in [4.78, 5) is 16.3. The Kier molecular flexibility index (Phi) is 3.12. The number of anilines is 1. The third-order valence-corrected chi connectivity index (χ3v) is 5.59. The van der Waals surface area contributed by atoms with Crippen molar-refractivity contribution in [2.75, 3.05) is 5.32 Å². The number of aromatic carboxylic acids is 1. The molecular formula is C17H22N2O2. The van der Waals surface area contributed by atoms with Gasteiger partial charge in [-0.1, -0.05) is 6.42 Å². The standard InChI is InChI=1S/C17H22N2O2/c20-17(21)13-9-11-3-1-2-4-14(11)18-16(13)19-15-8-10-5-6-12(15)7-10/h9-10,12,15H,1-8H2,(H,18,19)(H,20,21). The highest BCUT2D eigenvalue weighted by atomic mass is 16.4. The SMILES string of the molecule is O=C(O)c1cc2c(nc1NC1CC3CCC1C3)CCCC2. The van der Waals surface area contributed by atoms with Crippen molar-refractivity contribution in [1.82, 2.24) is 4.98 Å². The zero-order valence-corrected chi connectivity index (χ0v) is 12.3. The molecule has 2 N–H and O–H groups in total. The molecule has 0 aliphatic heterocycles. The van der Waals surface area contributed by atoms with Crippen LogP contribution in [0.3, 0.4) is 0 Å². The number of hydrogen-bond acceptors (Lipinski definition) is 3. The lowest BCUT2D eigenvalue weighted by atomic mass is 9.93. The van der Waals surface area contributed by atoms with Crippen LogP contribution in [0.5, 0.6) is 0 Å². The Morgan fingerprint density at radius 1 is 1.24 bits per heavy atom. The highest BCUT2D eigenvalue weighted by Gasteiger charge is 2.40. The van der Waals surface area contributed by atoms with Gasteiger partial charge in [-0.2, -0.15) is 0 Å². The van der Waals surface area contributed by atoms with Crippen LogP contribution >= 0.6 is 0 Å². The number of pyridine rings is 1. The third-order valence-electron chi connectivity index (χ3n) is 5.59. The van der Waals surface area contributed by atoms with Crippen molar-refractivity contribution >= 4 is 11.8 Å². The first kappa shape index (κ1) is 13.1. The van der Waals surface area contributed by atoms with Gasteiger partial charge in [0.05, 0.1) is 0 Å². The van der Waals surface area contributed by atoms with E-state index in [4.69, 9.17) is 0 Å². The molecule has 1 heterocycles. The van der Waals surface area contributed by atoms with Crippen LogP contribution < -0.4 is 5.32 Å². The van der Waals surface area contributed by atoms with Crippen LogP contribution in [0.1, 0.15) is 60.1 Å². The lowest BCUT2D eigenvalue weighted by molar-refractivity contribution is 0.0697. The molecule has 2 saturated carbocycles. The maximum absolute atomic E-state index is 11.6. The number of carboxylic acids is 1. The predicted molar refractivity (Wildman–Crippen MR) is 80.7 cm³/mol. The molecule has 0 spiro atoms. The number of carbonyl (C=O) groups is 1. The van der Waals surface area contributed by atoms with E-state index in [1.54, 1.807) is 0 Å². The van der Waals surface area contributed by atoms with Gasteiger partial charge in [0.2, 0.25) is 0 Å². The summed E-state index contributed by atoms with van der Waals surface area (Å²) >= 11 is 0. The molecule has 2 bridgehead atoms. The second kappa shape index (κ2) is 5.00. The Labute approximate surface area is 125 Å². The molecule has 4 nitrogen and oxygen atoms in total. The zero-order chi connectivity index (χ0) is 14.4. The van der Waals surface area contributed by atoms with Crippen molar-refractivity contribution in [1.29, 1.82) is 0 Å². The first-order valence-corrected chi connectivity index (χ1v) is 8.23. The number of fused-ring (bicyclic) bond motifs is 3. The summed E-state index contributed by atoms with van der Waals surface area (Å²) in [6.45, 7) is 0. The highest BCUT2D eigenvalue weighted by Crippen LogP contribution is 2.45. The lowest BCUT2D eigenvalue weighted by Crippen LogP contribution is -2.28. The van der Waals surface area contributed by atoms with E-state index < -0.39 is 5.97 Å². The van der Waals surface area contributed by atoms with E-state index in [-0.39, 0.29) is 0 Å². The van der Waals surface area contributed by atoms with Gasteiger partial charge in [0.1, 0.15) is 11.4 Å². The van der Waals surface area contributed by atoms with Crippen LogP contribution in [0, 0.1) is 11.8 Å². The van der Waals surface area contributed by atoms with Gasteiger partial charge in [-0.3, -0.25) is 0 Å². The van der Waals surface area contributed by atoms with Gasteiger partial charge in [-0.15, -0.1) is 0 Å². The van der Waals surface area contributed by atoms with Gasteiger partial charge < -0.3 is 10.4 Å². The monoisotopic (exact) mass is 286 g/mol. The fourth-order valence-electron chi connectivity index (χ4n) is 4.50. The minimum absolute atomic E-state index is 0.360. The number of nitrogens with zero attached hydrogens (tertiary/aromatic N) is 1. The largest absolute Gasteiger partial charge is 0.478 e. The molecule has 3 unspecified atom stereocenters. The van der Waals surface area contributed by atoms with Crippen molar-refractivity contribution < 1.29 is 9.90 Å². The van der Waals surface area contributed by atoms with Crippen molar-refractivity contribution in [3.63, 3.8) is 0 Å². The van der Waals surface area contributed by atoms with E-state index in [0.29, 0.717) is 17.4 Å². The van der Waals surface area contributed by atoms with E-state index >= 15 is 0 Å². The Morgan fingerprint density at radius 3 is 2.81 bits per heavy atom. The van der Waals surface area contributed by atoms with Crippen molar-refractivity contribution in [2.45, 2.75) is 57.4 Å². The number of aryl methyl sites for hydroxylation is 2. The topological polar surface area (TPSA) is 62.2 Å². The highest BCUT2D eigenvalue weighted by molar-refractivity contribution is 5.93. The minimum atomic E-state index is -0.860. The summed E-state index contributed by atoms with van der Waals surface area (Å²) in [5, 5.41) is 13.0. The number of rotatable bonds is 3. The van der Waals surface area contributed by atoms with Crippen LogP contribution in [0.25, 0.3) is 0 Å². The molecule has 4 rings (SSSR count). The second-order valence-electron chi connectivity index (χ2n) is 6.93. The van der Waals surface area contributed by atoms with Crippen LogP contribution in [0.2, 0.25) is 0 Å². The molecule has 0 aromatic carbocycles. The smallest absolute Gasteiger partial charge is 0.339 e. The summed E-state index contributed by atoms with van der Waals surface area (Å²) in [5.41, 5.74) is 2.60. The molecule has 21 heavy (non-hydrogen) atoms. The van der Waals surface area contributed by atoms with E-state index in [9.17, 15) is 9.90 Å². The van der Waals surface area contributed by atoms with Crippen LogP contribution in [-0.4, -0.2) is 22.1 Å². The molecule has 4 heteroatoms. The van der Waals surface area contributed by atoms with Gasteiger partial charge in [0, 0.05) is 11.7 Å². The second-order valence-corrected chi connectivity index (χ2v) is 6.93. The molecule has 0 radical (unpaired) electrons. The van der Waals surface area contributed by atoms with Gasteiger partial charge in [-0.05, 0) is 68.4 Å². The van der Waals surface area contributed by atoms with Crippen LogP contribution in [-0.2, 0) is 12.8 Å². The lowest BCUT2D eigenvalue weighted by Gasteiger charge is -2.25. The van der Waals surface area contributed by atoms with E-state index in [1.165, 1.54) is 32.1 Å². The van der Waals surface area contributed by atoms with Gasteiger partial charge >= 0.3 is 5.97 Å². The van der Waals surface area contributed by atoms with Crippen LogP contribution in [0.15, 0.2) is 6.07 Å². The zero-order valence-electron chi connectivity index (χ0n) is 12.3. The Balaban J connectivity index is 1.65. The summed E-state index contributed by atoms with van der Waals surface area (Å²) < 4.78 is 0. The number of nitrogens with one attached hydrogen (secondary N) is 1. The van der Waals surface area contributed by atoms with E-state index in [1.807, 2.05) is 6.07 Å². The van der Waals surface area contributed by atoms with Crippen molar-refractivity contribution in [3.8, 4) is 0 Å². The fraction of sp³-hybridized carbons (Fsp3) is 0.647. The normalized spacial score (nSPS) is 30.2. The van der Waals surface area contributed by atoms with Crippen molar-refractivity contribution in [2.24, 2.45) is 11.8 Å². The molecule has 0 amide bonds. The molecular weight excluding hydrogens is 264 g/mol. The summed E-state index contributed by atoms with van der Waals surface area (Å²) in [7, 11) is 0. The summed E-state index contributed by atoms with van der Waals surface area (Å²) in [6.07, 6.45) is 9.40. The minimum Gasteiger partial charge on any atom is -0.478 e. The third kappa shape index (κ3) is 2.30. The van der Waals surface area contributed by atoms with Gasteiger partial charge in [-0.25, -0.2) is 9.78 Å². The molecule has 112 valence electrons. The fourth-order valence-corrected chi connectivity index (χ4v) is 4.50. The van der Waals surface area contributed by atoms with Gasteiger partial charge in [0.15, 0.2) is 0 Å². The first-order valence-electron chi connectivity index (χ1n) is 8.23. The maximum Gasteiger partial charge on any atom is 0.339 e. The Morgan fingerprint density at radius 2 is 2.10 bits per heavy atom. The molecule has 1 aromatic heterocycles. The van der Waals surface area contributed by atoms with E-state index in [0.717, 1.165) is 42.4 Å². The molecule has 3 aliphatic carbocycles. The van der Waals surface area contributed by atoms with Crippen LogP contribution in [0.4, 0.5) is 5.82 Å². The van der Waals surface area contributed by atoms with E-state index in [2.05, 4.69) is 10.3 Å². The quantitative estimate of drug-likeness (QED) is 0.895. The Hall–Kier alpha value is -1.58. The molecule has 0 saturated heterocycles. The number of aromatic nitrogens is 1. The number of carboxylic acid groups (broad SMARTS) is 1. The molecule has 2 fully saturated rings. The maximum atomic E-state index is 11.6. The average molecular weight is 286 g/mol. The number of hydrogen-bond donors (Lipinski definition) is 2. The Bertz CT molecular complexity index is 584. The van der Waals surface area contributed by atoms with Crippen molar-refractivity contribution in [3.05, 3.63) is 22.9 Å². The van der Waals surface area contributed by atoms with Gasteiger partial charge in [0.25, 0.3) is 0 Å². The first-order chi connectivity index (χ1) is 10.2. The molecule has 3 atom stereocenters. The average Bonchev–Trinajstić information content (AvgIpc) is 3.09. The molecule has 1 aromatic rings. The molecule has 3 aliphatic rings. The summed E-state index contributed by atoms with van der Waals surface area (Å²) in [5.74, 6) is 1.31.